The molecule has 0 saturated heterocycles. The highest BCUT2D eigenvalue weighted by molar-refractivity contribution is 6.31. The minimum atomic E-state index is -1.10. The summed E-state index contributed by atoms with van der Waals surface area (Å²) in [5.41, 5.74) is 2.78. The van der Waals surface area contributed by atoms with Crippen LogP contribution >= 0.6 is 11.6 Å². The number of benzene rings is 2. The van der Waals surface area contributed by atoms with Gasteiger partial charge in [0.25, 0.3) is 5.91 Å². The molecule has 8 heteroatoms. The third kappa shape index (κ3) is 8.04. The van der Waals surface area contributed by atoms with Gasteiger partial charge in [-0.15, -0.1) is 0 Å². The Morgan fingerprint density at radius 2 is 1.68 bits per heavy atom. The average molecular weight is 528 g/mol. The van der Waals surface area contributed by atoms with Gasteiger partial charge in [-0.1, -0.05) is 49.1 Å². The molecule has 0 aromatic heterocycles. The van der Waals surface area contributed by atoms with Crippen molar-refractivity contribution < 1.29 is 19.5 Å². The highest BCUT2D eigenvalue weighted by Crippen LogP contribution is 2.28. The second-order valence-electron chi connectivity index (χ2n) is 9.99. The van der Waals surface area contributed by atoms with Gasteiger partial charge in [0, 0.05) is 48.9 Å². The first kappa shape index (κ1) is 28.7. The molecule has 0 aliphatic carbocycles. The molecule has 0 fully saturated rings. The summed E-state index contributed by atoms with van der Waals surface area (Å²) in [6, 6.07) is 12.8. The first-order valence-corrected chi connectivity index (χ1v) is 13.4. The van der Waals surface area contributed by atoms with E-state index in [-0.39, 0.29) is 18.4 Å². The number of anilines is 1. The predicted molar refractivity (Wildman–Crippen MR) is 147 cm³/mol. The molecule has 0 saturated carbocycles. The van der Waals surface area contributed by atoms with Gasteiger partial charge in [0.15, 0.2) is 0 Å². The Morgan fingerprint density at radius 1 is 1.00 bits per heavy atom. The minimum Gasteiger partial charge on any atom is -0.480 e. The SMILES string of the molecule is CC(=O)N1CCCCCCCN(C(C)C)Cc2cc(C(=O)N(CC(=O)O)Cc3ccccc3Cl)ccc21. The van der Waals surface area contributed by atoms with Crippen LogP contribution in [0.1, 0.15) is 74.4 Å². The van der Waals surface area contributed by atoms with E-state index in [0.29, 0.717) is 35.3 Å². The van der Waals surface area contributed by atoms with Crippen LogP contribution in [0.25, 0.3) is 0 Å². The fraction of sp³-hybridized carbons (Fsp3) is 0.483. The second-order valence-corrected chi connectivity index (χ2v) is 10.4. The average Bonchev–Trinajstić information content (AvgIpc) is 2.84. The Labute approximate surface area is 225 Å². The van der Waals surface area contributed by atoms with E-state index < -0.39 is 12.5 Å². The van der Waals surface area contributed by atoms with Gasteiger partial charge in [-0.3, -0.25) is 19.3 Å². The van der Waals surface area contributed by atoms with Crippen molar-refractivity contribution in [1.29, 1.82) is 0 Å². The fourth-order valence-electron chi connectivity index (χ4n) is 4.79. The molecule has 0 spiro atoms. The van der Waals surface area contributed by atoms with Gasteiger partial charge in [-0.05, 0) is 68.6 Å². The summed E-state index contributed by atoms with van der Waals surface area (Å²) in [6.07, 6.45) is 5.41. The molecule has 7 nitrogen and oxygen atoms in total. The van der Waals surface area contributed by atoms with Gasteiger partial charge in [-0.25, -0.2) is 0 Å². The van der Waals surface area contributed by atoms with Crippen molar-refractivity contribution in [2.75, 3.05) is 24.5 Å². The van der Waals surface area contributed by atoms with Gasteiger partial charge < -0.3 is 14.9 Å². The maximum Gasteiger partial charge on any atom is 0.323 e. The maximum atomic E-state index is 13.6. The smallest absolute Gasteiger partial charge is 0.323 e. The van der Waals surface area contributed by atoms with Crippen LogP contribution in [0.2, 0.25) is 5.02 Å². The summed E-state index contributed by atoms with van der Waals surface area (Å²) in [7, 11) is 0. The van der Waals surface area contributed by atoms with Crippen LogP contribution < -0.4 is 4.90 Å². The summed E-state index contributed by atoms with van der Waals surface area (Å²) in [4.78, 5) is 43.3. The zero-order valence-corrected chi connectivity index (χ0v) is 22.8. The van der Waals surface area contributed by atoms with Crippen molar-refractivity contribution in [3.05, 3.63) is 64.2 Å². The molecule has 37 heavy (non-hydrogen) atoms. The molecule has 1 aliphatic heterocycles. The van der Waals surface area contributed by atoms with Gasteiger partial charge in [0.05, 0.1) is 0 Å². The molecule has 1 aliphatic rings. The molecule has 1 N–H and O–H groups in total. The molecule has 2 amide bonds. The van der Waals surface area contributed by atoms with E-state index >= 15 is 0 Å². The van der Waals surface area contributed by atoms with E-state index in [0.717, 1.165) is 49.9 Å². The van der Waals surface area contributed by atoms with E-state index in [1.165, 1.54) is 4.90 Å². The zero-order valence-electron chi connectivity index (χ0n) is 22.1. The summed E-state index contributed by atoms with van der Waals surface area (Å²) in [6.45, 7) is 7.69. The van der Waals surface area contributed by atoms with Gasteiger partial charge in [-0.2, -0.15) is 0 Å². The van der Waals surface area contributed by atoms with Gasteiger partial charge in [0.2, 0.25) is 5.91 Å². The van der Waals surface area contributed by atoms with Crippen molar-refractivity contribution in [2.45, 2.75) is 72.0 Å². The predicted octanol–water partition coefficient (Wildman–Crippen LogP) is 5.59. The third-order valence-corrected chi connectivity index (χ3v) is 7.23. The van der Waals surface area contributed by atoms with E-state index in [1.807, 2.05) is 23.1 Å². The standard InChI is InChI=1S/C29H38ClN3O4/c1-21(2)31-15-9-5-4-6-10-16-33(22(3)34)27-14-13-23(17-25(27)19-31)29(37)32(20-28(35)36)18-24-11-7-8-12-26(24)30/h7-8,11-14,17,21H,4-6,9-10,15-16,18-20H2,1-3H3,(H,35,36). The Morgan fingerprint density at radius 3 is 2.32 bits per heavy atom. The van der Waals surface area contributed by atoms with Crippen LogP contribution in [0.4, 0.5) is 5.69 Å². The number of carboxylic acid groups (broad SMARTS) is 1. The number of amides is 2. The summed E-state index contributed by atoms with van der Waals surface area (Å²) in [5.74, 6) is -1.51. The number of rotatable bonds is 6. The number of fused-ring (bicyclic) bond motifs is 1. The lowest BCUT2D eigenvalue weighted by molar-refractivity contribution is -0.137. The number of carbonyl (C=O) groups excluding carboxylic acids is 2. The number of nitrogens with zero attached hydrogens (tertiary/aromatic N) is 3. The summed E-state index contributed by atoms with van der Waals surface area (Å²) in [5, 5.41) is 9.99. The topological polar surface area (TPSA) is 81.2 Å². The molecular formula is C29H38ClN3O4. The largest absolute Gasteiger partial charge is 0.480 e. The Bertz CT molecular complexity index is 1100. The highest BCUT2D eigenvalue weighted by atomic mass is 35.5. The molecule has 0 unspecified atom stereocenters. The molecule has 0 bridgehead atoms. The molecule has 2 aromatic rings. The lowest BCUT2D eigenvalue weighted by atomic mass is 10.0. The lowest BCUT2D eigenvalue weighted by Crippen LogP contribution is -2.36. The second kappa shape index (κ2) is 13.6. The monoisotopic (exact) mass is 527 g/mol. The van der Waals surface area contributed by atoms with E-state index in [1.54, 1.807) is 31.2 Å². The van der Waals surface area contributed by atoms with Crippen LogP contribution in [0.5, 0.6) is 0 Å². The van der Waals surface area contributed by atoms with Crippen molar-refractivity contribution in [1.82, 2.24) is 9.80 Å². The number of carbonyl (C=O) groups is 3. The Hall–Kier alpha value is -2.90. The summed E-state index contributed by atoms with van der Waals surface area (Å²) >= 11 is 6.30. The minimum absolute atomic E-state index is 0.0280. The van der Waals surface area contributed by atoms with E-state index in [4.69, 9.17) is 11.6 Å². The van der Waals surface area contributed by atoms with Gasteiger partial charge in [0.1, 0.15) is 6.54 Å². The molecular weight excluding hydrogens is 490 g/mol. The Kier molecular flexibility index (Phi) is 10.5. The van der Waals surface area contributed by atoms with E-state index in [9.17, 15) is 19.5 Å². The number of hydrogen-bond acceptors (Lipinski definition) is 4. The number of halogens is 1. The van der Waals surface area contributed by atoms with Gasteiger partial charge >= 0.3 is 5.97 Å². The first-order chi connectivity index (χ1) is 17.7. The molecule has 3 rings (SSSR count). The van der Waals surface area contributed by atoms with Crippen molar-refractivity contribution >= 4 is 35.1 Å². The molecule has 0 atom stereocenters. The Balaban J connectivity index is 2.01. The van der Waals surface area contributed by atoms with Crippen molar-refractivity contribution in [3.63, 3.8) is 0 Å². The normalized spacial score (nSPS) is 15.4. The molecule has 0 radical (unpaired) electrons. The number of carboxylic acids is 1. The highest BCUT2D eigenvalue weighted by Gasteiger charge is 2.24. The first-order valence-electron chi connectivity index (χ1n) is 13.1. The number of aliphatic carboxylic acids is 1. The van der Waals surface area contributed by atoms with Crippen LogP contribution in [-0.4, -0.2) is 58.4 Å². The number of hydrogen-bond donors (Lipinski definition) is 1. The molecule has 2 aromatic carbocycles. The van der Waals surface area contributed by atoms with Crippen LogP contribution in [0.15, 0.2) is 42.5 Å². The van der Waals surface area contributed by atoms with Crippen molar-refractivity contribution in [3.8, 4) is 0 Å². The van der Waals surface area contributed by atoms with Crippen molar-refractivity contribution in [2.24, 2.45) is 0 Å². The zero-order chi connectivity index (χ0) is 26.9. The maximum absolute atomic E-state index is 13.6. The van der Waals surface area contributed by atoms with Crippen LogP contribution in [0.3, 0.4) is 0 Å². The fourth-order valence-corrected chi connectivity index (χ4v) is 4.98. The quantitative estimate of drug-likeness (QED) is 0.529. The van der Waals surface area contributed by atoms with E-state index in [2.05, 4.69) is 18.7 Å². The van der Waals surface area contributed by atoms with Crippen LogP contribution in [0, 0.1) is 0 Å². The molecule has 200 valence electrons. The lowest BCUT2D eigenvalue weighted by Gasteiger charge is -2.31. The van der Waals surface area contributed by atoms with Crippen LogP contribution in [-0.2, 0) is 22.7 Å². The molecule has 1 heterocycles. The third-order valence-electron chi connectivity index (χ3n) is 6.86. The summed E-state index contributed by atoms with van der Waals surface area (Å²) < 4.78 is 0.